The standard InChI is InChI=1S/C23H27ClN6O2/c24-19-3-1-2-18(14-19)23(8-12-32-13-9-23)15-25-22(31)17-6-10-29(11-7-17)21-5-4-20-27-26-16-30(20)28-21/h1-5,14,16-17H,6-13,15H2,(H,25,31). The fourth-order valence-corrected chi connectivity index (χ4v) is 5.00. The number of hydrogen-bond acceptors (Lipinski definition) is 6. The molecule has 168 valence electrons. The molecule has 4 heterocycles. The second-order valence-electron chi connectivity index (χ2n) is 8.71. The van der Waals surface area contributed by atoms with Gasteiger partial charge in [0.2, 0.25) is 5.91 Å². The van der Waals surface area contributed by atoms with Crippen LogP contribution in [0, 0.1) is 5.92 Å². The van der Waals surface area contributed by atoms with Gasteiger partial charge >= 0.3 is 0 Å². The highest BCUT2D eigenvalue weighted by Gasteiger charge is 2.36. The number of anilines is 1. The normalized spacial score (nSPS) is 19.2. The van der Waals surface area contributed by atoms with Crippen molar-refractivity contribution in [2.24, 2.45) is 5.92 Å². The van der Waals surface area contributed by atoms with Crippen LogP contribution in [-0.2, 0) is 14.9 Å². The molecule has 8 nitrogen and oxygen atoms in total. The first kappa shape index (κ1) is 21.2. The van der Waals surface area contributed by atoms with Gasteiger partial charge < -0.3 is 15.0 Å². The van der Waals surface area contributed by atoms with Crippen LogP contribution in [0.25, 0.3) is 5.65 Å². The van der Waals surface area contributed by atoms with E-state index in [1.807, 2.05) is 30.3 Å². The van der Waals surface area contributed by atoms with Gasteiger partial charge in [-0.3, -0.25) is 4.79 Å². The number of ether oxygens (including phenoxy) is 1. The van der Waals surface area contributed by atoms with Crippen molar-refractivity contribution < 1.29 is 9.53 Å². The highest BCUT2D eigenvalue weighted by molar-refractivity contribution is 6.30. The minimum Gasteiger partial charge on any atom is -0.381 e. The van der Waals surface area contributed by atoms with Crippen molar-refractivity contribution in [2.75, 3.05) is 37.7 Å². The zero-order valence-corrected chi connectivity index (χ0v) is 18.7. The van der Waals surface area contributed by atoms with Crippen molar-refractivity contribution in [1.82, 2.24) is 25.1 Å². The molecule has 0 unspecified atom stereocenters. The van der Waals surface area contributed by atoms with E-state index in [-0.39, 0.29) is 17.2 Å². The van der Waals surface area contributed by atoms with Crippen LogP contribution < -0.4 is 10.2 Å². The molecule has 5 rings (SSSR count). The molecule has 3 aromatic rings. The second-order valence-corrected chi connectivity index (χ2v) is 9.14. The van der Waals surface area contributed by atoms with E-state index >= 15 is 0 Å². The Bertz CT molecular complexity index is 1090. The average molecular weight is 455 g/mol. The fourth-order valence-electron chi connectivity index (χ4n) is 4.81. The number of carbonyl (C=O) groups excluding carboxylic acids is 1. The molecular formula is C23H27ClN6O2. The SMILES string of the molecule is O=C(NCC1(c2cccc(Cl)c2)CCOCC1)C1CCN(c2ccc3nncn3n2)CC1. The Labute approximate surface area is 191 Å². The average Bonchev–Trinajstić information content (AvgIpc) is 3.31. The Morgan fingerprint density at radius 3 is 2.78 bits per heavy atom. The number of aromatic nitrogens is 4. The number of nitrogens with one attached hydrogen (secondary N) is 1. The number of carbonyl (C=O) groups is 1. The lowest BCUT2D eigenvalue weighted by molar-refractivity contribution is -0.126. The zero-order chi connectivity index (χ0) is 22.0. The van der Waals surface area contributed by atoms with Crippen LogP contribution in [0.2, 0.25) is 5.02 Å². The number of benzene rings is 1. The van der Waals surface area contributed by atoms with Crippen molar-refractivity contribution in [3.05, 3.63) is 53.3 Å². The van der Waals surface area contributed by atoms with Crippen molar-refractivity contribution >= 4 is 29.0 Å². The molecule has 1 aromatic carbocycles. The molecule has 0 bridgehead atoms. The van der Waals surface area contributed by atoms with Gasteiger partial charge in [-0.15, -0.1) is 15.3 Å². The van der Waals surface area contributed by atoms with Crippen LogP contribution in [0.1, 0.15) is 31.2 Å². The van der Waals surface area contributed by atoms with E-state index in [9.17, 15) is 4.79 Å². The quantitative estimate of drug-likeness (QED) is 0.638. The number of piperidine rings is 1. The zero-order valence-electron chi connectivity index (χ0n) is 17.9. The smallest absolute Gasteiger partial charge is 0.223 e. The molecule has 2 saturated heterocycles. The molecule has 2 fully saturated rings. The van der Waals surface area contributed by atoms with Crippen LogP contribution in [0.5, 0.6) is 0 Å². The van der Waals surface area contributed by atoms with E-state index in [2.05, 4.69) is 31.6 Å². The van der Waals surface area contributed by atoms with Gasteiger partial charge in [0.05, 0.1) is 0 Å². The minimum absolute atomic E-state index is 0.0149. The van der Waals surface area contributed by atoms with E-state index in [4.69, 9.17) is 16.3 Å². The lowest BCUT2D eigenvalue weighted by Gasteiger charge is -2.39. The van der Waals surface area contributed by atoms with Crippen molar-refractivity contribution in [3.8, 4) is 0 Å². The molecule has 0 saturated carbocycles. The summed E-state index contributed by atoms with van der Waals surface area (Å²) in [6, 6.07) is 11.9. The third-order valence-electron chi connectivity index (χ3n) is 6.83. The van der Waals surface area contributed by atoms with Gasteiger partial charge in [-0.1, -0.05) is 23.7 Å². The Hall–Kier alpha value is -2.71. The van der Waals surface area contributed by atoms with Crippen LogP contribution in [0.4, 0.5) is 5.82 Å². The fraction of sp³-hybridized carbons (Fsp3) is 0.478. The summed E-state index contributed by atoms with van der Waals surface area (Å²) >= 11 is 6.26. The minimum atomic E-state index is -0.127. The van der Waals surface area contributed by atoms with Gasteiger partial charge in [0.1, 0.15) is 12.1 Å². The van der Waals surface area contributed by atoms with Crippen LogP contribution in [0.15, 0.2) is 42.7 Å². The van der Waals surface area contributed by atoms with Gasteiger partial charge in [0, 0.05) is 49.2 Å². The van der Waals surface area contributed by atoms with E-state index in [1.54, 1.807) is 10.8 Å². The van der Waals surface area contributed by atoms with Crippen molar-refractivity contribution in [1.29, 1.82) is 0 Å². The molecule has 0 radical (unpaired) electrons. The van der Waals surface area contributed by atoms with Gasteiger partial charge in [0.15, 0.2) is 5.65 Å². The Morgan fingerprint density at radius 2 is 2.00 bits per heavy atom. The number of amides is 1. The number of rotatable bonds is 5. The maximum absolute atomic E-state index is 13.0. The summed E-state index contributed by atoms with van der Waals surface area (Å²) in [5.74, 6) is 1.04. The van der Waals surface area contributed by atoms with Gasteiger partial charge in [-0.25, -0.2) is 0 Å². The van der Waals surface area contributed by atoms with Gasteiger partial charge in [-0.05, 0) is 55.5 Å². The molecule has 1 amide bonds. The van der Waals surface area contributed by atoms with E-state index in [0.717, 1.165) is 55.3 Å². The summed E-state index contributed by atoms with van der Waals surface area (Å²) in [5.41, 5.74) is 1.78. The molecule has 0 atom stereocenters. The van der Waals surface area contributed by atoms with E-state index < -0.39 is 0 Å². The lowest BCUT2D eigenvalue weighted by atomic mass is 9.74. The Morgan fingerprint density at radius 1 is 1.19 bits per heavy atom. The summed E-state index contributed by atoms with van der Waals surface area (Å²) in [6.45, 7) is 3.61. The van der Waals surface area contributed by atoms with E-state index in [0.29, 0.717) is 19.8 Å². The summed E-state index contributed by atoms with van der Waals surface area (Å²) in [4.78, 5) is 15.3. The monoisotopic (exact) mass is 454 g/mol. The van der Waals surface area contributed by atoms with Crippen LogP contribution in [0.3, 0.4) is 0 Å². The van der Waals surface area contributed by atoms with E-state index in [1.165, 1.54) is 5.56 Å². The summed E-state index contributed by atoms with van der Waals surface area (Å²) < 4.78 is 7.29. The maximum atomic E-state index is 13.0. The highest BCUT2D eigenvalue weighted by atomic mass is 35.5. The first-order valence-corrected chi connectivity index (χ1v) is 11.5. The predicted octanol–water partition coefficient (Wildman–Crippen LogP) is 2.86. The largest absolute Gasteiger partial charge is 0.381 e. The number of fused-ring (bicyclic) bond motifs is 1. The number of hydrogen-bond donors (Lipinski definition) is 1. The van der Waals surface area contributed by atoms with Crippen LogP contribution in [-0.4, -0.2) is 58.6 Å². The summed E-state index contributed by atoms with van der Waals surface area (Å²) in [6.07, 6.45) is 4.97. The molecular weight excluding hydrogens is 428 g/mol. The molecule has 32 heavy (non-hydrogen) atoms. The molecule has 1 N–H and O–H groups in total. The lowest BCUT2D eigenvalue weighted by Crippen LogP contribution is -2.47. The molecule has 9 heteroatoms. The van der Waals surface area contributed by atoms with Gasteiger partial charge in [-0.2, -0.15) is 4.52 Å². The Balaban J connectivity index is 1.20. The third-order valence-corrected chi connectivity index (χ3v) is 7.06. The number of halogens is 1. The molecule has 2 aromatic heterocycles. The summed E-state index contributed by atoms with van der Waals surface area (Å²) in [7, 11) is 0. The topological polar surface area (TPSA) is 84.6 Å². The first-order valence-electron chi connectivity index (χ1n) is 11.2. The predicted molar refractivity (Wildman–Crippen MR) is 122 cm³/mol. The second kappa shape index (κ2) is 9.03. The first-order chi connectivity index (χ1) is 15.6. The summed E-state index contributed by atoms with van der Waals surface area (Å²) in [5, 5.41) is 16.4. The van der Waals surface area contributed by atoms with Gasteiger partial charge in [0.25, 0.3) is 0 Å². The van der Waals surface area contributed by atoms with Crippen LogP contribution >= 0.6 is 11.6 Å². The highest BCUT2D eigenvalue weighted by Crippen LogP contribution is 2.35. The Kier molecular flexibility index (Phi) is 5.97. The van der Waals surface area contributed by atoms with Crippen molar-refractivity contribution in [2.45, 2.75) is 31.1 Å². The third kappa shape index (κ3) is 4.29. The molecule has 2 aliphatic rings. The maximum Gasteiger partial charge on any atom is 0.223 e. The molecule has 0 aliphatic carbocycles. The van der Waals surface area contributed by atoms with Crippen molar-refractivity contribution in [3.63, 3.8) is 0 Å². The molecule has 0 spiro atoms. The molecule has 2 aliphatic heterocycles. The number of nitrogens with zero attached hydrogens (tertiary/aromatic N) is 5.